The summed E-state index contributed by atoms with van der Waals surface area (Å²) in [4.78, 5) is 32.1. The number of nitrogens with zero attached hydrogens (tertiary/aromatic N) is 2. The molecule has 44 heavy (non-hydrogen) atoms. The Labute approximate surface area is 265 Å². The van der Waals surface area contributed by atoms with E-state index in [1.54, 1.807) is 0 Å². The molecule has 2 aromatic heterocycles. The molecule has 0 spiro atoms. The van der Waals surface area contributed by atoms with Crippen molar-refractivity contribution in [2.45, 2.75) is 84.0 Å². The molecule has 1 saturated heterocycles. The minimum Gasteiger partial charge on any atom is -0.349 e. The number of benzene rings is 2. The van der Waals surface area contributed by atoms with Crippen molar-refractivity contribution in [1.82, 2.24) is 14.5 Å². The molecule has 230 valence electrons. The van der Waals surface area contributed by atoms with E-state index in [-0.39, 0.29) is 28.7 Å². The summed E-state index contributed by atoms with van der Waals surface area (Å²) in [7, 11) is 2.01. The fraction of sp³-hybridized carbons (Fsp3) is 0.474. The fourth-order valence-corrected chi connectivity index (χ4v) is 8.94. The SMILES string of the molecule is Cn1ccc2[nH]c(=O)c(C3CCN(C(=O)CC4C[C@@H](CC(C)(C)C)Cc5ccc6c(c54)CCc4c(Cl)cccc4-6)CC3)cc21. The zero-order valence-corrected chi connectivity index (χ0v) is 27.3. The summed E-state index contributed by atoms with van der Waals surface area (Å²) < 4.78 is 2.05. The lowest BCUT2D eigenvalue weighted by molar-refractivity contribution is -0.132. The second-order valence-electron chi connectivity index (χ2n) is 14.8. The van der Waals surface area contributed by atoms with E-state index in [1.807, 2.05) is 29.9 Å². The molecule has 5 nitrogen and oxygen atoms in total. The number of aromatic amines is 1. The smallest absolute Gasteiger partial charge is 0.252 e. The van der Waals surface area contributed by atoms with Gasteiger partial charge in [0.1, 0.15) is 0 Å². The maximum Gasteiger partial charge on any atom is 0.252 e. The molecule has 3 heterocycles. The summed E-state index contributed by atoms with van der Waals surface area (Å²) in [6, 6.07) is 14.9. The number of rotatable bonds is 4. The molecule has 0 bridgehead atoms. The molecule has 1 aliphatic heterocycles. The number of likely N-dealkylation sites (tertiary alicyclic amines) is 1. The molecule has 1 amide bonds. The Morgan fingerprint density at radius 1 is 1.02 bits per heavy atom. The van der Waals surface area contributed by atoms with Gasteiger partial charge in [-0.3, -0.25) is 9.59 Å². The van der Waals surface area contributed by atoms with Crippen LogP contribution < -0.4 is 5.56 Å². The Hall–Kier alpha value is -3.31. The highest BCUT2D eigenvalue weighted by Gasteiger charge is 2.36. The number of pyridine rings is 1. The van der Waals surface area contributed by atoms with E-state index in [2.05, 4.69) is 61.0 Å². The number of piperidine rings is 1. The first-order valence-electron chi connectivity index (χ1n) is 16.4. The number of carbonyl (C=O) groups is 1. The summed E-state index contributed by atoms with van der Waals surface area (Å²) in [5.74, 6) is 1.25. The maximum atomic E-state index is 14.0. The highest BCUT2D eigenvalue weighted by Crippen LogP contribution is 2.48. The fourth-order valence-electron chi connectivity index (χ4n) is 8.68. The zero-order chi connectivity index (χ0) is 30.7. The summed E-state index contributed by atoms with van der Waals surface area (Å²) in [6.07, 6.45) is 9.45. The van der Waals surface area contributed by atoms with Crippen LogP contribution in [-0.4, -0.2) is 33.4 Å². The molecule has 4 aromatic rings. The molecule has 1 unspecified atom stereocenters. The van der Waals surface area contributed by atoms with Crippen molar-refractivity contribution in [1.29, 1.82) is 0 Å². The summed E-state index contributed by atoms with van der Waals surface area (Å²) in [6.45, 7) is 8.42. The number of aromatic nitrogens is 2. The Balaban J connectivity index is 1.13. The summed E-state index contributed by atoms with van der Waals surface area (Å²) >= 11 is 6.63. The van der Waals surface area contributed by atoms with Gasteiger partial charge in [-0.15, -0.1) is 0 Å². The van der Waals surface area contributed by atoms with E-state index in [1.165, 1.54) is 33.4 Å². The second kappa shape index (κ2) is 11.2. The van der Waals surface area contributed by atoms with Gasteiger partial charge in [-0.1, -0.05) is 56.6 Å². The first-order valence-corrected chi connectivity index (χ1v) is 16.8. The number of hydrogen-bond acceptors (Lipinski definition) is 2. The highest BCUT2D eigenvalue weighted by molar-refractivity contribution is 6.31. The number of fused-ring (bicyclic) bond motifs is 6. The molecular weight excluding hydrogens is 566 g/mol. The lowest BCUT2D eigenvalue weighted by atomic mass is 9.67. The topological polar surface area (TPSA) is 58.1 Å². The second-order valence-corrected chi connectivity index (χ2v) is 15.2. The van der Waals surface area contributed by atoms with E-state index in [4.69, 9.17) is 11.6 Å². The number of nitrogens with one attached hydrogen (secondary N) is 1. The van der Waals surface area contributed by atoms with Crippen molar-refractivity contribution in [3.05, 3.63) is 91.9 Å². The number of aryl methyl sites for hydroxylation is 1. The predicted molar refractivity (Wildman–Crippen MR) is 180 cm³/mol. The van der Waals surface area contributed by atoms with Crippen LogP contribution in [0.3, 0.4) is 0 Å². The van der Waals surface area contributed by atoms with Crippen LogP contribution in [0.15, 0.2) is 53.5 Å². The molecule has 7 rings (SSSR count). The first-order chi connectivity index (χ1) is 21.1. The van der Waals surface area contributed by atoms with Gasteiger partial charge in [0.25, 0.3) is 5.56 Å². The van der Waals surface area contributed by atoms with Crippen LogP contribution >= 0.6 is 11.6 Å². The molecule has 0 saturated carbocycles. The van der Waals surface area contributed by atoms with E-state index in [0.717, 1.165) is 66.6 Å². The van der Waals surface area contributed by atoms with Gasteiger partial charge in [0.15, 0.2) is 0 Å². The monoisotopic (exact) mass is 609 g/mol. The van der Waals surface area contributed by atoms with Crippen molar-refractivity contribution in [2.75, 3.05) is 13.1 Å². The number of carbonyl (C=O) groups excluding carboxylic acids is 1. The first kappa shape index (κ1) is 29.4. The largest absolute Gasteiger partial charge is 0.349 e. The van der Waals surface area contributed by atoms with Gasteiger partial charge in [-0.25, -0.2) is 0 Å². The average molecular weight is 610 g/mol. The van der Waals surface area contributed by atoms with E-state index < -0.39 is 0 Å². The van der Waals surface area contributed by atoms with Crippen LogP contribution in [-0.2, 0) is 31.1 Å². The molecule has 0 radical (unpaired) electrons. The van der Waals surface area contributed by atoms with Crippen LogP contribution in [0.2, 0.25) is 5.02 Å². The predicted octanol–water partition coefficient (Wildman–Crippen LogP) is 8.16. The number of amides is 1. The van der Waals surface area contributed by atoms with Gasteiger partial charge >= 0.3 is 0 Å². The molecule has 2 atom stereocenters. The van der Waals surface area contributed by atoms with E-state index >= 15 is 0 Å². The normalized spacial score (nSPS) is 20.3. The number of hydrogen-bond donors (Lipinski definition) is 1. The average Bonchev–Trinajstić information content (AvgIpc) is 3.34. The van der Waals surface area contributed by atoms with Gasteiger partial charge in [0, 0.05) is 43.3 Å². The van der Waals surface area contributed by atoms with Gasteiger partial charge in [0.05, 0.1) is 11.0 Å². The minimum absolute atomic E-state index is 0.00446. The van der Waals surface area contributed by atoms with Crippen molar-refractivity contribution < 1.29 is 4.79 Å². The van der Waals surface area contributed by atoms with Crippen LogP contribution in [0, 0.1) is 11.3 Å². The molecule has 2 aliphatic carbocycles. The Kier molecular flexibility index (Phi) is 7.51. The number of halogens is 1. The Morgan fingerprint density at radius 2 is 1.77 bits per heavy atom. The van der Waals surface area contributed by atoms with Crippen LogP contribution in [0.5, 0.6) is 0 Å². The molecular formula is C38H44ClN3O2. The molecule has 1 N–H and O–H groups in total. The van der Waals surface area contributed by atoms with Gasteiger partial charge in [-0.05, 0) is 120 Å². The van der Waals surface area contributed by atoms with Crippen molar-refractivity contribution >= 4 is 28.5 Å². The summed E-state index contributed by atoms with van der Waals surface area (Å²) in [5, 5.41) is 0.858. The standard InChI is InChI=1S/C38H44ClN3O2/c1-38(2,3)22-23-18-25-8-9-28-27-6-5-7-32(39)29(27)10-11-30(28)36(25)26(19-23)20-35(43)42-16-12-24(13-17-42)31-21-34-33(40-37(31)44)14-15-41(34)4/h5-9,14-15,21,23-24,26H,10-13,16-20,22H2,1-4H3,(H,40,44)/t23-,26?/m0/s1. The summed E-state index contributed by atoms with van der Waals surface area (Å²) in [5.41, 5.74) is 11.2. The lowest BCUT2D eigenvalue weighted by Crippen LogP contribution is -2.40. The van der Waals surface area contributed by atoms with Crippen LogP contribution in [0.1, 0.15) is 92.5 Å². The Bertz CT molecular complexity index is 1800. The third-order valence-electron chi connectivity index (χ3n) is 10.5. The quantitative estimate of drug-likeness (QED) is 0.254. The van der Waals surface area contributed by atoms with E-state index in [9.17, 15) is 9.59 Å². The zero-order valence-electron chi connectivity index (χ0n) is 26.5. The minimum atomic E-state index is 0.00446. The molecule has 3 aliphatic rings. The van der Waals surface area contributed by atoms with Gasteiger partial charge in [0.2, 0.25) is 5.91 Å². The van der Waals surface area contributed by atoms with Gasteiger partial charge in [-0.2, -0.15) is 0 Å². The third kappa shape index (κ3) is 5.42. The highest BCUT2D eigenvalue weighted by atomic mass is 35.5. The maximum absolute atomic E-state index is 14.0. The van der Waals surface area contributed by atoms with Crippen molar-refractivity contribution in [2.24, 2.45) is 18.4 Å². The molecule has 2 aromatic carbocycles. The van der Waals surface area contributed by atoms with Gasteiger partial charge < -0.3 is 14.5 Å². The Morgan fingerprint density at radius 3 is 2.55 bits per heavy atom. The van der Waals surface area contributed by atoms with E-state index in [0.29, 0.717) is 25.4 Å². The van der Waals surface area contributed by atoms with Crippen molar-refractivity contribution in [3.8, 4) is 11.1 Å². The molecule has 6 heteroatoms. The third-order valence-corrected chi connectivity index (χ3v) is 10.9. The van der Waals surface area contributed by atoms with Crippen LogP contribution in [0.4, 0.5) is 0 Å². The number of H-pyrrole nitrogens is 1. The van der Waals surface area contributed by atoms with Crippen molar-refractivity contribution in [3.63, 3.8) is 0 Å². The lowest BCUT2D eigenvalue weighted by Gasteiger charge is -2.39. The molecule has 1 fully saturated rings. The van der Waals surface area contributed by atoms with Crippen LogP contribution in [0.25, 0.3) is 22.2 Å².